The van der Waals surface area contributed by atoms with Crippen LogP contribution in [0.5, 0.6) is 0 Å². The van der Waals surface area contributed by atoms with E-state index in [9.17, 15) is 13.6 Å². The van der Waals surface area contributed by atoms with Crippen molar-refractivity contribution in [1.29, 1.82) is 0 Å². The molecule has 1 atom stereocenters. The maximum atomic E-state index is 13.3. The summed E-state index contributed by atoms with van der Waals surface area (Å²) in [5.41, 5.74) is 0.350. The van der Waals surface area contributed by atoms with Crippen molar-refractivity contribution in [3.05, 3.63) is 35.4 Å². The molecule has 2 rings (SSSR count). The van der Waals surface area contributed by atoms with E-state index < -0.39 is 11.6 Å². The van der Waals surface area contributed by atoms with Gasteiger partial charge in [-0.2, -0.15) is 0 Å². The lowest BCUT2D eigenvalue weighted by molar-refractivity contribution is -0.127. The van der Waals surface area contributed by atoms with Gasteiger partial charge >= 0.3 is 0 Å². The predicted octanol–water partition coefficient (Wildman–Crippen LogP) is 5.01. The van der Waals surface area contributed by atoms with Crippen LogP contribution in [-0.4, -0.2) is 11.4 Å². The third kappa shape index (κ3) is 6.21. The Morgan fingerprint density at radius 1 is 1.17 bits per heavy atom. The number of hydrogen-bond acceptors (Lipinski definition) is 1. The van der Waals surface area contributed by atoms with Gasteiger partial charge in [0, 0.05) is 17.5 Å². The highest BCUT2D eigenvalue weighted by Gasteiger charge is 2.27. The molecule has 0 radical (unpaired) electrons. The van der Waals surface area contributed by atoms with E-state index in [4.69, 9.17) is 0 Å². The zero-order valence-corrected chi connectivity index (χ0v) is 15.0. The summed E-state index contributed by atoms with van der Waals surface area (Å²) in [5, 5.41) is 3.07. The van der Waals surface area contributed by atoms with Crippen molar-refractivity contribution in [3.63, 3.8) is 0 Å². The minimum absolute atomic E-state index is 0.0614. The van der Waals surface area contributed by atoms with Gasteiger partial charge < -0.3 is 5.32 Å². The normalized spacial score (nSPS) is 17.0. The van der Waals surface area contributed by atoms with Crippen LogP contribution in [-0.2, 0) is 11.2 Å². The van der Waals surface area contributed by atoms with Gasteiger partial charge in [0.05, 0.1) is 0 Å². The number of amides is 1. The molecule has 1 N–H and O–H groups in total. The van der Waals surface area contributed by atoms with Gasteiger partial charge in [0.2, 0.25) is 5.91 Å². The van der Waals surface area contributed by atoms with Crippen LogP contribution in [0.2, 0.25) is 0 Å². The number of carbonyl (C=O) groups excluding carboxylic acids is 1. The molecule has 134 valence electrons. The molecule has 0 bridgehead atoms. The molecule has 1 aliphatic rings. The molecule has 1 aromatic rings. The molecule has 0 heterocycles. The highest BCUT2D eigenvalue weighted by atomic mass is 19.1. The number of benzene rings is 1. The second-order valence-electron chi connectivity index (χ2n) is 8.14. The Hall–Kier alpha value is -1.45. The molecule has 0 saturated heterocycles. The summed E-state index contributed by atoms with van der Waals surface area (Å²) in [7, 11) is 0. The van der Waals surface area contributed by atoms with Crippen molar-refractivity contribution >= 4 is 5.91 Å². The fourth-order valence-corrected chi connectivity index (χ4v) is 3.57. The Morgan fingerprint density at radius 3 is 2.29 bits per heavy atom. The number of rotatable bonds is 6. The second kappa shape index (κ2) is 8.09. The van der Waals surface area contributed by atoms with E-state index in [1.807, 2.05) is 20.8 Å². The molecule has 0 aliphatic heterocycles. The van der Waals surface area contributed by atoms with Crippen LogP contribution < -0.4 is 5.32 Å². The van der Waals surface area contributed by atoms with Crippen LogP contribution in [0.4, 0.5) is 8.78 Å². The molecular formula is C20H29F2NO. The van der Waals surface area contributed by atoms with Crippen molar-refractivity contribution in [3.8, 4) is 0 Å². The van der Waals surface area contributed by atoms with Crippen molar-refractivity contribution in [2.45, 2.75) is 71.3 Å². The molecule has 4 heteroatoms. The maximum absolute atomic E-state index is 13.3. The third-order valence-electron chi connectivity index (χ3n) is 4.67. The molecule has 2 nitrogen and oxygen atoms in total. The van der Waals surface area contributed by atoms with E-state index in [-0.39, 0.29) is 17.4 Å². The zero-order valence-electron chi connectivity index (χ0n) is 15.0. The first-order chi connectivity index (χ1) is 11.2. The molecule has 1 aromatic carbocycles. The van der Waals surface area contributed by atoms with Crippen LogP contribution in [0, 0.1) is 23.5 Å². The Labute approximate surface area is 144 Å². The predicted molar refractivity (Wildman–Crippen MR) is 92.6 cm³/mol. The summed E-state index contributed by atoms with van der Waals surface area (Å²) in [5.74, 6) is -0.553. The SMILES string of the molecule is CC(C)(C)NC(=O)C(CCc1cc(F)cc(F)c1)CC1CCCC1. The molecule has 0 aromatic heterocycles. The van der Waals surface area contributed by atoms with Crippen LogP contribution >= 0.6 is 0 Å². The molecule has 1 unspecified atom stereocenters. The van der Waals surface area contributed by atoms with Gasteiger partial charge in [-0.3, -0.25) is 4.79 Å². The minimum atomic E-state index is -0.559. The Balaban J connectivity index is 2.02. The van der Waals surface area contributed by atoms with Gasteiger partial charge in [-0.25, -0.2) is 8.78 Å². The topological polar surface area (TPSA) is 29.1 Å². The summed E-state index contributed by atoms with van der Waals surface area (Å²) in [6, 6.07) is 3.60. The van der Waals surface area contributed by atoms with E-state index >= 15 is 0 Å². The second-order valence-corrected chi connectivity index (χ2v) is 8.14. The first-order valence-electron chi connectivity index (χ1n) is 9.00. The van der Waals surface area contributed by atoms with Crippen LogP contribution in [0.15, 0.2) is 18.2 Å². The lowest BCUT2D eigenvalue weighted by Crippen LogP contribution is -2.44. The van der Waals surface area contributed by atoms with Crippen LogP contribution in [0.25, 0.3) is 0 Å². The average Bonchev–Trinajstić information content (AvgIpc) is 2.93. The lowest BCUT2D eigenvalue weighted by atomic mass is 9.87. The van der Waals surface area contributed by atoms with Crippen molar-refractivity contribution in [2.24, 2.45) is 11.8 Å². The van der Waals surface area contributed by atoms with Gasteiger partial charge in [-0.1, -0.05) is 25.7 Å². The lowest BCUT2D eigenvalue weighted by Gasteiger charge is -2.26. The van der Waals surface area contributed by atoms with Crippen LogP contribution in [0.3, 0.4) is 0 Å². The third-order valence-corrected chi connectivity index (χ3v) is 4.67. The molecule has 0 spiro atoms. The zero-order chi connectivity index (χ0) is 17.7. The number of halogens is 2. The Morgan fingerprint density at radius 2 is 1.75 bits per heavy atom. The van der Waals surface area contributed by atoms with Gasteiger partial charge in [0.15, 0.2) is 0 Å². The van der Waals surface area contributed by atoms with Crippen LogP contribution in [0.1, 0.15) is 64.9 Å². The van der Waals surface area contributed by atoms with Gasteiger partial charge in [-0.15, -0.1) is 0 Å². The number of aryl methyl sites for hydroxylation is 1. The first kappa shape index (κ1) is 18.9. The van der Waals surface area contributed by atoms with Gasteiger partial charge in [-0.05, 0) is 63.6 Å². The summed E-state index contributed by atoms with van der Waals surface area (Å²) >= 11 is 0. The van der Waals surface area contributed by atoms with E-state index in [2.05, 4.69) is 5.32 Å². The number of carbonyl (C=O) groups is 1. The number of nitrogens with one attached hydrogen (secondary N) is 1. The average molecular weight is 337 g/mol. The largest absolute Gasteiger partial charge is 0.351 e. The number of hydrogen-bond donors (Lipinski definition) is 1. The van der Waals surface area contributed by atoms with Crippen molar-refractivity contribution < 1.29 is 13.6 Å². The Bertz CT molecular complexity index is 539. The van der Waals surface area contributed by atoms with Crippen molar-refractivity contribution in [2.75, 3.05) is 0 Å². The summed E-state index contributed by atoms with van der Waals surface area (Å²) in [6.45, 7) is 5.92. The van der Waals surface area contributed by atoms with E-state index in [0.717, 1.165) is 12.5 Å². The maximum Gasteiger partial charge on any atom is 0.223 e. The summed E-state index contributed by atoms with van der Waals surface area (Å²) in [4.78, 5) is 12.6. The first-order valence-corrected chi connectivity index (χ1v) is 9.00. The smallest absolute Gasteiger partial charge is 0.223 e. The molecule has 1 amide bonds. The highest BCUT2D eigenvalue weighted by molar-refractivity contribution is 5.79. The molecule has 1 fully saturated rings. The van der Waals surface area contributed by atoms with E-state index in [1.165, 1.54) is 37.8 Å². The Kier molecular flexibility index (Phi) is 6.36. The highest BCUT2D eigenvalue weighted by Crippen LogP contribution is 2.32. The quantitative estimate of drug-likeness (QED) is 0.777. The van der Waals surface area contributed by atoms with E-state index in [1.54, 1.807) is 0 Å². The van der Waals surface area contributed by atoms with Crippen molar-refractivity contribution in [1.82, 2.24) is 5.32 Å². The minimum Gasteiger partial charge on any atom is -0.351 e. The summed E-state index contributed by atoms with van der Waals surface area (Å²) < 4.78 is 26.7. The summed E-state index contributed by atoms with van der Waals surface area (Å²) in [6.07, 6.45) is 6.88. The monoisotopic (exact) mass is 337 g/mol. The molecular weight excluding hydrogens is 308 g/mol. The van der Waals surface area contributed by atoms with E-state index in [0.29, 0.717) is 24.3 Å². The molecule has 1 aliphatic carbocycles. The molecule has 24 heavy (non-hydrogen) atoms. The van der Waals surface area contributed by atoms with Gasteiger partial charge in [0.25, 0.3) is 0 Å². The fourth-order valence-electron chi connectivity index (χ4n) is 3.57. The molecule has 1 saturated carbocycles. The van der Waals surface area contributed by atoms with Gasteiger partial charge in [0.1, 0.15) is 11.6 Å². The fraction of sp³-hybridized carbons (Fsp3) is 0.650. The standard InChI is InChI=1S/C20H29F2NO/c1-20(2,3)23-19(24)16(10-14-6-4-5-7-14)9-8-15-11-17(21)13-18(22)12-15/h11-14,16H,4-10H2,1-3H3,(H,23,24).